The molecule has 88 heavy (non-hydrogen) atoms. The van der Waals surface area contributed by atoms with Crippen LogP contribution in [0.5, 0.6) is 0 Å². The Hall–Kier alpha value is -1.94. The summed E-state index contributed by atoms with van der Waals surface area (Å²) in [6, 6.07) is 0. The van der Waals surface area contributed by atoms with Crippen LogP contribution in [0.3, 0.4) is 0 Å². The molecule has 0 fully saturated rings. The standard InChI is InChI=1S/C69H134O17P2/c1-7-11-13-15-17-19-21-22-23-24-26-35-41-47-53-68(73)85-64(58-80-67(72)52-46-40-34-29-27-31-37-43-49-61(5)9-3)59-83-87(75,76)81-55-63(70)56-82-88(77,78)84-60-65(57-79-66(71)51-45-39-33-25-20-18-16-14-12-8-2)86-69(74)54-48-42-36-30-28-32-38-44-50-62(6)10-4/h61-65,70H,7-60H2,1-6H3,(H,75,76)(H,77,78)/t61?,62?,63-,64-,65-/m1/s1. The summed E-state index contributed by atoms with van der Waals surface area (Å²) in [6.07, 6.45) is 45.6. The van der Waals surface area contributed by atoms with E-state index in [1.807, 2.05) is 0 Å². The Morgan fingerprint density at radius 2 is 0.545 bits per heavy atom. The third kappa shape index (κ3) is 60.3. The highest BCUT2D eigenvalue weighted by atomic mass is 31.2. The van der Waals surface area contributed by atoms with Gasteiger partial charge in [0.25, 0.3) is 0 Å². The third-order valence-corrected chi connectivity index (χ3v) is 18.6. The van der Waals surface area contributed by atoms with Crippen molar-refractivity contribution in [2.75, 3.05) is 39.6 Å². The van der Waals surface area contributed by atoms with Crippen molar-refractivity contribution in [3.05, 3.63) is 0 Å². The van der Waals surface area contributed by atoms with Crippen molar-refractivity contribution in [2.24, 2.45) is 11.8 Å². The van der Waals surface area contributed by atoms with Gasteiger partial charge in [-0.1, -0.05) is 298 Å². The normalized spacial score (nSPS) is 14.8. The SMILES string of the molecule is CCCCCCCCCCCCCCCCC(=O)O[C@H](COC(=O)CCCCCCCCCCC(C)CC)COP(=O)(O)OC[C@@H](O)COP(=O)(O)OC[C@@H](COC(=O)CCCCCCCCCCCC)OC(=O)CCCCCCCCCCC(C)CC. The molecule has 17 nitrogen and oxygen atoms in total. The molecule has 0 heterocycles. The zero-order valence-electron chi connectivity index (χ0n) is 57.0. The van der Waals surface area contributed by atoms with E-state index >= 15 is 0 Å². The van der Waals surface area contributed by atoms with Crippen molar-refractivity contribution in [3.63, 3.8) is 0 Å². The average molecular weight is 1300 g/mol. The smallest absolute Gasteiger partial charge is 0.462 e. The zero-order valence-corrected chi connectivity index (χ0v) is 58.8. The molecule has 0 bridgehead atoms. The molecule has 0 aliphatic rings. The predicted octanol–water partition coefficient (Wildman–Crippen LogP) is 19.6. The molecular formula is C69H134O17P2. The molecule has 0 aliphatic heterocycles. The van der Waals surface area contributed by atoms with Gasteiger partial charge >= 0.3 is 39.5 Å². The maximum absolute atomic E-state index is 13.0. The molecule has 0 aromatic carbocycles. The Morgan fingerprint density at radius 1 is 0.318 bits per heavy atom. The van der Waals surface area contributed by atoms with E-state index in [1.165, 1.54) is 167 Å². The van der Waals surface area contributed by atoms with E-state index in [0.717, 1.165) is 102 Å². The van der Waals surface area contributed by atoms with E-state index in [9.17, 15) is 43.2 Å². The largest absolute Gasteiger partial charge is 0.472 e. The van der Waals surface area contributed by atoms with E-state index in [4.69, 9.17) is 37.0 Å². The number of hydrogen-bond acceptors (Lipinski definition) is 15. The Balaban J connectivity index is 5.26. The number of ether oxygens (including phenoxy) is 4. The molecule has 0 aromatic heterocycles. The van der Waals surface area contributed by atoms with Crippen LogP contribution in [-0.4, -0.2) is 96.7 Å². The van der Waals surface area contributed by atoms with Gasteiger partial charge < -0.3 is 33.8 Å². The number of aliphatic hydroxyl groups is 1. The van der Waals surface area contributed by atoms with Crippen molar-refractivity contribution in [2.45, 2.75) is 368 Å². The van der Waals surface area contributed by atoms with Gasteiger partial charge in [-0.15, -0.1) is 0 Å². The number of esters is 4. The van der Waals surface area contributed by atoms with Crippen molar-refractivity contribution in [1.82, 2.24) is 0 Å². The van der Waals surface area contributed by atoms with Crippen LogP contribution in [0.2, 0.25) is 0 Å². The fourth-order valence-electron chi connectivity index (χ4n) is 10.4. The third-order valence-electron chi connectivity index (χ3n) is 16.7. The van der Waals surface area contributed by atoms with Gasteiger partial charge in [0.15, 0.2) is 12.2 Å². The minimum absolute atomic E-state index is 0.105. The molecule has 522 valence electrons. The van der Waals surface area contributed by atoms with Crippen LogP contribution in [0, 0.1) is 11.8 Å². The first kappa shape index (κ1) is 86.1. The monoisotopic (exact) mass is 1300 g/mol. The maximum Gasteiger partial charge on any atom is 0.472 e. The van der Waals surface area contributed by atoms with E-state index in [2.05, 4.69) is 41.5 Å². The molecule has 0 saturated carbocycles. The van der Waals surface area contributed by atoms with E-state index in [-0.39, 0.29) is 25.7 Å². The molecule has 0 aromatic rings. The van der Waals surface area contributed by atoms with Crippen LogP contribution >= 0.6 is 15.6 Å². The van der Waals surface area contributed by atoms with Gasteiger partial charge in [0.05, 0.1) is 26.4 Å². The summed E-state index contributed by atoms with van der Waals surface area (Å²) in [6.45, 7) is 9.54. The molecule has 4 unspecified atom stereocenters. The van der Waals surface area contributed by atoms with Crippen LogP contribution in [0.25, 0.3) is 0 Å². The summed E-state index contributed by atoms with van der Waals surface area (Å²) in [4.78, 5) is 72.5. The molecule has 0 amide bonds. The molecule has 7 atom stereocenters. The number of aliphatic hydroxyl groups excluding tert-OH is 1. The second kappa shape index (κ2) is 61.3. The molecule has 0 spiro atoms. The number of carbonyl (C=O) groups is 4. The van der Waals surface area contributed by atoms with Crippen LogP contribution in [0.15, 0.2) is 0 Å². The van der Waals surface area contributed by atoms with Crippen molar-refractivity contribution in [3.8, 4) is 0 Å². The Kier molecular flexibility index (Phi) is 59.9. The first-order valence-electron chi connectivity index (χ1n) is 36.1. The number of phosphoric acid groups is 2. The fourth-order valence-corrected chi connectivity index (χ4v) is 11.9. The Bertz CT molecular complexity index is 1720. The lowest BCUT2D eigenvalue weighted by atomic mass is 9.99. The average Bonchev–Trinajstić information content (AvgIpc) is 3.51. The highest BCUT2D eigenvalue weighted by Gasteiger charge is 2.30. The number of hydrogen-bond donors (Lipinski definition) is 3. The first-order valence-corrected chi connectivity index (χ1v) is 39.1. The highest BCUT2D eigenvalue weighted by Crippen LogP contribution is 2.45. The number of unbranched alkanes of at least 4 members (excludes halogenated alkanes) is 36. The lowest BCUT2D eigenvalue weighted by molar-refractivity contribution is -0.161. The number of carbonyl (C=O) groups excluding carboxylic acids is 4. The molecule has 0 radical (unpaired) electrons. The van der Waals surface area contributed by atoms with Crippen molar-refractivity contribution in [1.29, 1.82) is 0 Å². The summed E-state index contributed by atoms with van der Waals surface area (Å²) >= 11 is 0. The summed E-state index contributed by atoms with van der Waals surface area (Å²) in [5.74, 6) is -0.578. The number of rotatable bonds is 68. The Labute approximate surface area is 537 Å². The molecule has 3 N–H and O–H groups in total. The van der Waals surface area contributed by atoms with Crippen LogP contribution in [-0.2, 0) is 65.4 Å². The lowest BCUT2D eigenvalue weighted by Crippen LogP contribution is -2.30. The van der Waals surface area contributed by atoms with Crippen molar-refractivity contribution < 1.29 is 80.2 Å². The van der Waals surface area contributed by atoms with Gasteiger partial charge in [-0.25, -0.2) is 9.13 Å². The molecule has 0 saturated heterocycles. The van der Waals surface area contributed by atoms with Gasteiger partial charge in [-0.2, -0.15) is 0 Å². The van der Waals surface area contributed by atoms with Gasteiger partial charge in [-0.05, 0) is 37.5 Å². The van der Waals surface area contributed by atoms with Gasteiger partial charge in [0, 0.05) is 25.7 Å². The second-order valence-corrected chi connectivity index (χ2v) is 28.3. The molecular weight excluding hydrogens is 1160 g/mol. The van der Waals surface area contributed by atoms with Gasteiger partial charge in [0.2, 0.25) is 0 Å². The van der Waals surface area contributed by atoms with E-state index in [0.29, 0.717) is 25.7 Å². The highest BCUT2D eigenvalue weighted by molar-refractivity contribution is 7.47. The number of phosphoric ester groups is 2. The predicted molar refractivity (Wildman–Crippen MR) is 354 cm³/mol. The summed E-state index contributed by atoms with van der Waals surface area (Å²) < 4.78 is 68.2. The molecule has 19 heteroatoms. The summed E-state index contributed by atoms with van der Waals surface area (Å²) in [5.41, 5.74) is 0. The fraction of sp³-hybridized carbons (Fsp3) is 0.942. The van der Waals surface area contributed by atoms with Crippen LogP contribution in [0.1, 0.15) is 350 Å². The Morgan fingerprint density at radius 3 is 0.807 bits per heavy atom. The second-order valence-electron chi connectivity index (χ2n) is 25.4. The molecule has 0 aliphatic carbocycles. The van der Waals surface area contributed by atoms with Crippen molar-refractivity contribution >= 4 is 39.5 Å². The quantitative estimate of drug-likeness (QED) is 0.0222. The molecule has 0 rings (SSSR count). The van der Waals surface area contributed by atoms with Crippen LogP contribution < -0.4 is 0 Å². The lowest BCUT2D eigenvalue weighted by Gasteiger charge is -2.21. The van der Waals surface area contributed by atoms with Gasteiger partial charge in [-0.3, -0.25) is 37.3 Å². The summed E-state index contributed by atoms with van der Waals surface area (Å²) in [5, 5.41) is 10.6. The van der Waals surface area contributed by atoms with Gasteiger partial charge in [0.1, 0.15) is 19.3 Å². The first-order chi connectivity index (χ1) is 42.4. The topological polar surface area (TPSA) is 237 Å². The zero-order chi connectivity index (χ0) is 65.0. The van der Waals surface area contributed by atoms with E-state index < -0.39 is 97.5 Å². The minimum atomic E-state index is -4.95. The maximum atomic E-state index is 13.0. The van der Waals surface area contributed by atoms with Crippen LogP contribution in [0.4, 0.5) is 0 Å². The minimum Gasteiger partial charge on any atom is -0.462 e. The summed E-state index contributed by atoms with van der Waals surface area (Å²) in [7, 11) is -9.90. The van der Waals surface area contributed by atoms with E-state index in [1.54, 1.807) is 0 Å².